The highest BCUT2D eigenvalue weighted by Crippen LogP contribution is 2.24. The number of aromatic nitrogens is 3. The van der Waals surface area contributed by atoms with Gasteiger partial charge in [-0.3, -0.25) is 5.10 Å². The number of aryl methyl sites for hydroxylation is 1. The molecule has 0 aliphatic rings. The number of nitrogens with one attached hydrogen (secondary N) is 2. The van der Waals surface area contributed by atoms with Crippen molar-refractivity contribution >= 4 is 26.0 Å². The van der Waals surface area contributed by atoms with Crippen LogP contribution in [0.5, 0.6) is 0 Å². The fourth-order valence-corrected chi connectivity index (χ4v) is 4.00. The lowest BCUT2D eigenvalue weighted by Gasteiger charge is -2.13. The van der Waals surface area contributed by atoms with E-state index in [1.54, 1.807) is 25.1 Å². The van der Waals surface area contributed by atoms with Gasteiger partial charge in [0.1, 0.15) is 12.2 Å². The minimum absolute atomic E-state index is 0.199. The van der Waals surface area contributed by atoms with Crippen LogP contribution in [0.3, 0.4) is 0 Å². The van der Waals surface area contributed by atoms with Gasteiger partial charge in [-0.25, -0.2) is 18.1 Å². The van der Waals surface area contributed by atoms with E-state index in [0.717, 1.165) is 5.56 Å². The molecule has 0 bridgehead atoms. The van der Waals surface area contributed by atoms with E-state index in [1.165, 1.54) is 6.33 Å². The van der Waals surface area contributed by atoms with Gasteiger partial charge in [0.05, 0.1) is 10.9 Å². The molecule has 0 fully saturated rings. The smallest absolute Gasteiger partial charge is 0.242 e. The van der Waals surface area contributed by atoms with E-state index in [-0.39, 0.29) is 4.90 Å². The molecule has 1 atom stereocenters. The zero-order valence-electron chi connectivity index (χ0n) is 10.4. The van der Waals surface area contributed by atoms with E-state index < -0.39 is 16.1 Å². The Kier molecular flexibility index (Phi) is 4.02. The summed E-state index contributed by atoms with van der Waals surface area (Å²) in [4.78, 5) is 4.12. The molecule has 0 spiro atoms. The minimum Gasteiger partial charge on any atom is -0.262 e. The highest BCUT2D eigenvalue weighted by molar-refractivity contribution is 9.10. The fraction of sp³-hybridized carbons (Fsp3) is 0.273. The van der Waals surface area contributed by atoms with Gasteiger partial charge in [0.25, 0.3) is 0 Å². The molecule has 0 saturated carbocycles. The highest BCUT2D eigenvalue weighted by atomic mass is 79.9. The normalized spacial score (nSPS) is 13.4. The van der Waals surface area contributed by atoms with E-state index in [4.69, 9.17) is 0 Å². The molecule has 0 saturated heterocycles. The van der Waals surface area contributed by atoms with Crippen molar-refractivity contribution < 1.29 is 8.42 Å². The lowest BCUT2D eigenvalue weighted by Crippen LogP contribution is -2.27. The molecule has 1 aromatic heterocycles. The van der Waals surface area contributed by atoms with Crippen LogP contribution in [0.25, 0.3) is 0 Å². The first-order valence-corrected chi connectivity index (χ1v) is 7.81. The third-order valence-electron chi connectivity index (χ3n) is 2.55. The summed E-state index contributed by atoms with van der Waals surface area (Å²) in [6.07, 6.45) is 1.34. The zero-order valence-corrected chi connectivity index (χ0v) is 12.8. The molecule has 0 aliphatic heterocycles. The summed E-state index contributed by atoms with van der Waals surface area (Å²) >= 11 is 3.27. The predicted octanol–water partition coefficient (Wildman–Crippen LogP) is 1.92. The van der Waals surface area contributed by atoms with Gasteiger partial charge in [0.2, 0.25) is 10.0 Å². The van der Waals surface area contributed by atoms with Gasteiger partial charge in [-0.05, 0) is 47.5 Å². The summed E-state index contributed by atoms with van der Waals surface area (Å²) in [5.41, 5.74) is 0.981. The van der Waals surface area contributed by atoms with Crippen LogP contribution in [0.15, 0.2) is 33.9 Å². The Morgan fingerprint density at radius 1 is 1.42 bits per heavy atom. The van der Waals surface area contributed by atoms with Crippen LogP contribution in [0.1, 0.15) is 24.4 Å². The van der Waals surface area contributed by atoms with Gasteiger partial charge >= 0.3 is 0 Å². The maximum absolute atomic E-state index is 12.3. The van der Waals surface area contributed by atoms with Gasteiger partial charge in [-0.15, -0.1) is 0 Å². The Morgan fingerprint density at radius 3 is 2.74 bits per heavy atom. The number of sulfonamides is 1. The first kappa shape index (κ1) is 14.2. The average Bonchev–Trinajstić information content (AvgIpc) is 2.80. The van der Waals surface area contributed by atoms with Crippen LogP contribution >= 0.6 is 15.9 Å². The molecule has 0 amide bonds. The van der Waals surface area contributed by atoms with Crippen LogP contribution in [-0.4, -0.2) is 23.6 Å². The topological polar surface area (TPSA) is 87.7 Å². The predicted molar refractivity (Wildman–Crippen MR) is 74.0 cm³/mol. The third-order valence-corrected chi connectivity index (χ3v) is 5.07. The van der Waals surface area contributed by atoms with E-state index in [1.807, 2.05) is 6.92 Å². The van der Waals surface area contributed by atoms with Crippen molar-refractivity contribution in [3.8, 4) is 0 Å². The van der Waals surface area contributed by atoms with E-state index in [9.17, 15) is 8.42 Å². The fourth-order valence-electron chi connectivity index (χ4n) is 1.60. The molecule has 19 heavy (non-hydrogen) atoms. The SMILES string of the molecule is Cc1ccc(S(=O)(=O)NC(C)c2ncn[nH]2)c(Br)c1. The summed E-state index contributed by atoms with van der Waals surface area (Å²) in [5.74, 6) is 0.465. The molecule has 6 nitrogen and oxygen atoms in total. The highest BCUT2D eigenvalue weighted by Gasteiger charge is 2.22. The number of hydrogen-bond acceptors (Lipinski definition) is 4. The monoisotopic (exact) mass is 344 g/mol. The van der Waals surface area contributed by atoms with E-state index in [2.05, 4.69) is 35.8 Å². The maximum atomic E-state index is 12.3. The Labute approximate surface area is 119 Å². The Morgan fingerprint density at radius 2 is 2.16 bits per heavy atom. The summed E-state index contributed by atoms with van der Waals surface area (Å²) < 4.78 is 27.6. The number of nitrogens with zero attached hydrogens (tertiary/aromatic N) is 2. The van der Waals surface area contributed by atoms with Crippen LogP contribution < -0.4 is 4.72 Å². The van der Waals surface area contributed by atoms with Crippen molar-refractivity contribution in [3.05, 3.63) is 40.4 Å². The van der Waals surface area contributed by atoms with Gasteiger partial charge in [0.15, 0.2) is 0 Å². The first-order valence-electron chi connectivity index (χ1n) is 5.54. The molecular weight excluding hydrogens is 332 g/mol. The summed E-state index contributed by atoms with van der Waals surface area (Å²) in [6, 6.07) is 4.58. The second-order valence-corrected chi connectivity index (χ2v) is 6.68. The van der Waals surface area contributed by atoms with Gasteiger partial charge in [-0.2, -0.15) is 5.10 Å². The molecule has 8 heteroatoms. The van der Waals surface area contributed by atoms with Gasteiger partial charge in [-0.1, -0.05) is 6.07 Å². The summed E-state index contributed by atoms with van der Waals surface area (Å²) in [6.45, 7) is 3.59. The second kappa shape index (κ2) is 5.40. The quantitative estimate of drug-likeness (QED) is 0.886. The molecule has 1 unspecified atom stereocenters. The number of H-pyrrole nitrogens is 1. The molecule has 102 valence electrons. The summed E-state index contributed by atoms with van der Waals surface area (Å²) in [7, 11) is -3.62. The van der Waals surface area contributed by atoms with Gasteiger partial charge < -0.3 is 0 Å². The van der Waals surface area contributed by atoms with Crippen LogP contribution in [0.2, 0.25) is 0 Å². The molecule has 2 aromatic rings. The third kappa shape index (κ3) is 3.20. The Hall–Kier alpha value is -1.25. The van der Waals surface area contributed by atoms with Crippen molar-refractivity contribution in [2.75, 3.05) is 0 Å². The number of aromatic amines is 1. The van der Waals surface area contributed by atoms with Crippen molar-refractivity contribution in [1.82, 2.24) is 19.9 Å². The van der Waals surface area contributed by atoms with Crippen LogP contribution in [0, 0.1) is 6.92 Å². The molecular formula is C11H13BrN4O2S. The molecule has 1 aromatic carbocycles. The van der Waals surface area contributed by atoms with Crippen molar-refractivity contribution in [2.24, 2.45) is 0 Å². The lowest BCUT2D eigenvalue weighted by atomic mass is 10.2. The molecule has 1 heterocycles. The molecule has 2 N–H and O–H groups in total. The van der Waals surface area contributed by atoms with Crippen LogP contribution in [-0.2, 0) is 10.0 Å². The molecule has 2 rings (SSSR count). The largest absolute Gasteiger partial charge is 0.262 e. The number of rotatable bonds is 4. The summed E-state index contributed by atoms with van der Waals surface area (Å²) in [5, 5.41) is 6.33. The zero-order chi connectivity index (χ0) is 14.0. The average molecular weight is 345 g/mol. The van der Waals surface area contributed by atoms with E-state index in [0.29, 0.717) is 10.3 Å². The van der Waals surface area contributed by atoms with Crippen molar-refractivity contribution in [2.45, 2.75) is 24.8 Å². The van der Waals surface area contributed by atoms with Crippen LogP contribution in [0.4, 0.5) is 0 Å². The maximum Gasteiger partial charge on any atom is 0.242 e. The number of hydrogen-bond donors (Lipinski definition) is 2. The standard InChI is InChI=1S/C11H13BrN4O2S/c1-7-3-4-10(9(12)5-7)19(17,18)16-8(2)11-13-6-14-15-11/h3-6,8,16H,1-2H3,(H,13,14,15). The second-order valence-electron chi connectivity index (χ2n) is 4.15. The number of benzene rings is 1. The molecule has 0 radical (unpaired) electrons. The Balaban J connectivity index is 2.28. The van der Waals surface area contributed by atoms with Gasteiger partial charge in [0, 0.05) is 4.47 Å². The minimum atomic E-state index is -3.62. The first-order chi connectivity index (χ1) is 8.90. The van der Waals surface area contributed by atoms with Crippen molar-refractivity contribution in [3.63, 3.8) is 0 Å². The van der Waals surface area contributed by atoms with Crippen molar-refractivity contribution in [1.29, 1.82) is 0 Å². The lowest BCUT2D eigenvalue weighted by molar-refractivity contribution is 0.560. The molecule has 0 aliphatic carbocycles. The Bertz CT molecular complexity index is 670. The van der Waals surface area contributed by atoms with E-state index >= 15 is 0 Å². The number of halogens is 1.